The predicted molar refractivity (Wildman–Crippen MR) is 73.6 cm³/mol. The molecule has 1 aliphatic rings. The number of amides is 1. The third kappa shape index (κ3) is 3.47. The number of benzene rings is 1. The van der Waals surface area contributed by atoms with E-state index in [0.717, 1.165) is 30.0 Å². The van der Waals surface area contributed by atoms with E-state index in [9.17, 15) is 4.79 Å². The molecule has 0 radical (unpaired) electrons. The van der Waals surface area contributed by atoms with E-state index in [4.69, 9.17) is 17.3 Å². The van der Waals surface area contributed by atoms with E-state index in [1.165, 1.54) is 0 Å². The minimum atomic E-state index is 0.142. The van der Waals surface area contributed by atoms with Crippen molar-refractivity contribution in [3.05, 3.63) is 34.9 Å². The van der Waals surface area contributed by atoms with Gasteiger partial charge in [0.1, 0.15) is 0 Å². The van der Waals surface area contributed by atoms with Crippen molar-refractivity contribution >= 4 is 17.5 Å². The molecule has 0 saturated carbocycles. The van der Waals surface area contributed by atoms with Gasteiger partial charge in [0, 0.05) is 30.6 Å². The van der Waals surface area contributed by atoms with E-state index < -0.39 is 0 Å². The molecule has 4 heteroatoms. The summed E-state index contributed by atoms with van der Waals surface area (Å²) in [5.74, 6) is 0.185. The van der Waals surface area contributed by atoms with Gasteiger partial charge in [-0.3, -0.25) is 4.79 Å². The van der Waals surface area contributed by atoms with E-state index in [-0.39, 0.29) is 11.9 Å². The Morgan fingerprint density at radius 2 is 2.22 bits per heavy atom. The van der Waals surface area contributed by atoms with Gasteiger partial charge in [-0.25, -0.2) is 0 Å². The lowest BCUT2D eigenvalue weighted by Gasteiger charge is -2.30. The number of carbonyl (C=O) groups is 1. The Hall–Kier alpha value is -1.06. The molecule has 1 saturated heterocycles. The second-order valence-electron chi connectivity index (χ2n) is 4.83. The summed E-state index contributed by atoms with van der Waals surface area (Å²) in [7, 11) is 0. The van der Waals surface area contributed by atoms with Crippen LogP contribution >= 0.6 is 11.6 Å². The molecule has 1 aromatic carbocycles. The summed E-state index contributed by atoms with van der Waals surface area (Å²) in [4.78, 5) is 13.9. The Morgan fingerprint density at radius 3 is 2.94 bits per heavy atom. The predicted octanol–water partition coefficient (Wildman–Crippen LogP) is 2.22. The highest BCUT2D eigenvalue weighted by Crippen LogP contribution is 2.17. The quantitative estimate of drug-likeness (QED) is 0.912. The molecule has 0 aliphatic carbocycles. The molecule has 1 atom stereocenters. The zero-order valence-corrected chi connectivity index (χ0v) is 11.2. The molecule has 18 heavy (non-hydrogen) atoms. The second kappa shape index (κ2) is 6.21. The van der Waals surface area contributed by atoms with Crippen LogP contribution in [-0.4, -0.2) is 29.9 Å². The van der Waals surface area contributed by atoms with Crippen LogP contribution in [0.15, 0.2) is 24.3 Å². The average molecular weight is 267 g/mol. The van der Waals surface area contributed by atoms with Gasteiger partial charge in [0.05, 0.1) is 0 Å². The summed E-state index contributed by atoms with van der Waals surface area (Å²) in [6, 6.07) is 7.82. The molecule has 0 unspecified atom stereocenters. The normalized spacial score (nSPS) is 19.9. The number of carbonyl (C=O) groups excluding carboxylic acids is 1. The van der Waals surface area contributed by atoms with Crippen LogP contribution in [0, 0.1) is 0 Å². The van der Waals surface area contributed by atoms with Crippen molar-refractivity contribution < 1.29 is 4.79 Å². The Labute approximate surface area is 113 Å². The maximum atomic E-state index is 12.1. The summed E-state index contributed by atoms with van der Waals surface area (Å²) in [5.41, 5.74) is 6.92. The van der Waals surface area contributed by atoms with Crippen LogP contribution < -0.4 is 5.73 Å². The van der Waals surface area contributed by atoms with Gasteiger partial charge in [0.15, 0.2) is 0 Å². The molecular weight excluding hydrogens is 248 g/mol. The van der Waals surface area contributed by atoms with Gasteiger partial charge in [-0.15, -0.1) is 0 Å². The van der Waals surface area contributed by atoms with Gasteiger partial charge in [-0.2, -0.15) is 0 Å². The number of halogens is 1. The summed E-state index contributed by atoms with van der Waals surface area (Å²) in [5, 5.41) is 0.737. The summed E-state index contributed by atoms with van der Waals surface area (Å²) in [6.07, 6.45) is 3.24. The number of piperidine rings is 1. The molecule has 0 bridgehead atoms. The topological polar surface area (TPSA) is 46.3 Å². The van der Waals surface area contributed by atoms with Crippen LogP contribution in [0.25, 0.3) is 0 Å². The molecule has 1 aromatic rings. The van der Waals surface area contributed by atoms with Crippen LogP contribution in [0.1, 0.15) is 24.8 Å². The first-order valence-electron chi connectivity index (χ1n) is 6.43. The largest absolute Gasteiger partial charge is 0.341 e. The number of likely N-dealkylation sites (tertiary alicyclic amines) is 1. The van der Waals surface area contributed by atoms with E-state index in [1.54, 1.807) is 0 Å². The summed E-state index contributed by atoms with van der Waals surface area (Å²) >= 11 is 6.07. The average Bonchev–Trinajstić information content (AvgIpc) is 2.37. The molecule has 1 amide bonds. The fourth-order valence-electron chi connectivity index (χ4n) is 2.34. The third-order valence-corrected chi connectivity index (χ3v) is 3.75. The third-order valence-electron chi connectivity index (χ3n) is 3.38. The smallest absolute Gasteiger partial charge is 0.222 e. The van der Waals surface area contributed by atoms with Crippen molar-refractivity contribution in [2.75, 3.05) is 13.1 Å². The van der Waals surface area contributed by atoms with Crippen molar-refractivity contribution in [1.82, 2.24) is 4.90 Å². The van der Waals surface area contributed by atoms with Crippen molar-refractivity contribution in [1.29, 1.82) is 0 Å². The Balaban J connectivity index is 1.86. The maximum absolute atomic E-state index is 12.1. The SMILES string of the molecule is N[C@@H]1CCCN(C(=O)CCc2ccccc2Cl)C1. The first-order valence-corrected chi connectivity index (χ1v) is 6.81. The van der Waals surface area contributed by atoms with E-state index >= 15 is 0 Å². The molecule has 0 spiro atoms. The molecule has 2 rings (SSSR count). The minimum Gasteiger partial charge on any atom is -0.341 e. The number of hydrogen-bond donors (Lipinski definition) is 1. The molecule has 98 valence electrons. The molecule has 1 aliphatic heterocycles. The maximum Gasteiger partial charge on any atom is 0.222 e. The number of hydrogen-bond acceptors (Lipinski definition) is 2. The van der Waals surface area contributed by atoms with Crippen molar-refractivity contribution in [2.24, 2.45) is 5.73 Å². The van der Waals surface area contributed by atoms with Gasteiger partial charge in [0.2, 0.25) is 5.91 Å². The van der Waals surface area contributed by atoms with Crippen molar-refractivity contribution in [3.8, 4) is 0 Å². The van der Waals surface area contributed by atoms with Gasteiger partial charge in [-0.1, -0.05) is 29.8 Å². The molecular formula is C14H19ClN2O. The van der Waals surface area contributed by atoms with E-state index in [1.807, 2.05) is 29.2 Å². The fourth-order valence-corrected chi connectivity index (χ4v) is 2.57. The number of rotatable bonds is 3. The summed E-state index contributed by atoms with van der Waals surface area (Å²) in [6.45, 7) is 1.54. The first kappa shape index (κ1) is 13.4. The second-order valence-corrected chi connectivity index (χ2v) is 5.24. The number of nitrogens with two attached hydrogens (primary N) is 1. The van der Waals surface area contributed by atoms with Gasteiger partial charge < -0.3 is 10.6 Å². The molecule has 3 nitrogen and oxygen atoms in total. The molecule has 1 heterocycles. The monoisotopic (exact) mass is 266 g/mol. The molecule has 1 fully saturated rings. The van der Waals surface area contributed by atoms with Crippen LogP contribution in [0.2, 0.25) is 5.02 Å². The van der Waals surface area contributed by atoms with Crippen molar-refractivity contribution in [2.45, 2.75) is 31.7 Å². The van der Waals surface area contributed by atoms with Crippen LogP contribution in [0.3, 0.4) is 0 Å². The first-order chi connectivity index (χ1) is 8.66. The lowest BCUT2D eigenvalue weighted by molar-refractivity contribution is -0.132. The zero-order chi connectivity index (χ0) is 13.0. The van der Waals surface area contributed by atoms with Gasteiger partial charge >= 0.3 is 0 Å². The highest BCUT2D eigenvalue weighted by atomic mass is 35.5. The number of nitrogens with zero attached hydrogens (tertiary/aromatic N) is 1. The van der Waals surface area contributed by atoms with Crippen LogP contribution in [0.5, 0.6) is 0 Å². The van der Waals surface area contributed by atoms with Crippen molar-refractivity contribution in [3.63, 3.8) is 0 Å². The van der Waals surface area contributed by atoms with Crippen LogP contribution in [-0.2, 0) is 11.2 Å². The standard InChI is InChI=1S/C14H19ClN2O/c15-13-6-2-1-4-11(13)7-8-14(18)17-9-3-5-12(16)10-17/h1-2,4,6,12H,3,5,7-10,16H2/t12-/m1/s1. The van der Waals surface area contributed by atoms with E-state index in [2.05, 4.69) is 0 Å². The minimum absolute atomic E-state index is 0.142. The summed E-state index contributed by atoms with van der Waals surface area (Å²) < 4.78 is 0. The van der Waals surface area contributed by atoms with Gasteiger partial charge in [0.25, 0.3) is 0 Å². The lowest BCUT2D eigenvalue weighted by Crippen LogP contribution is -2.45. The van der Waals surface area contributed by atoms with E-state index in [0.29, 0.717) is 19.4 Å². The number of aryl methyl sites for hydroxylation is 1. The lowest BCUT2D eigenvalue weighted by atomic mass is 10.0. The fraction of sp³-hybridized carbons (Fsp3) is 0.500. The Kier molecular flexibility index (Phi) is 4.61. The Bertz CT molecular complexity index is 422. The molecule has 0 aromatic heterocycles. The highest BCUT2D eigenvalue weighted by Gasteiger charge is 2.20. The Morgan fingerprint density at radius 1 is 1.44 bits per heavy atom. The van der Waals surface area contributed by atoms with Gasteiger partial charge in [-0.05, 0) is 30.9 Å². The highest BCUT2D eigenvalue weighted by molar-refractivity contribution is 6.31. The van der Waals surface area contributed by atoms with Crippen LogP contribution in [0.4, 0.5) is 0 Å². The molecule has 2 N–H and O–H groups in total. The zero-order valence-electron chi connectivity index (χ0n) is 10.4.